The topological polar surface area (TPSA) is 78.6 Å². The van der Waals surface area contributed by atoms with Gasteiger partial charge in [0.05, 0.1) is 0 Å². The summed E-state index contributed by atoms with van der Waals surface area (Å²) < 4.78 is 5.08. The summed E-state index contributed by atoms with van der Waals surface area (Å²) in [7, 11) is 1.78. The van der Waals surface area contributed by atoms with Crippen LogP contribution in [0.25, 0.3) is 0 Å². The molecule has 0 unspecified atom stereocenters. The smallest absolute Gasteiger partial charge is 0.228 e. The van der Waals surface area contributed by atoms with Crippen LogP contribution in [0.4, 0.5) is 0 Å². The van der Waals surface area contributed by atoms with Crippen molar-refractivity contribution < 1.29 is 4.52 Å². The third-order valence-corrected chi connectivity index (χ3v) is 3.64. The number of halogens is 1. The second-order valence-electron chi connectivity index (χ2n) is 6.19. The summed E-state index contributed by atoms with van der Waals surface area (Å²) in [5.41, 5.74) is 0. The molecule has 24 heavy (non-hydrogen) atoms. The Hall–Kier alpha value is -0.900. The first-order valence-electron chi connectivity index (χ1n) is 8.43. The van der Waals surface area contributed by atoms with Crippen molar-refractivity contribution in [3.8, 4) is 0 Å². The van der Waals surface area contributed by atoms with Gasteiger partial charge in [-0.3, -0.25) is 9.89 Å². The van der Waals surface area contributed by atoms with E-state index in [1.165, 1.54) is 0 Å². The summed E-state index contributed by atoms with van der Waals surface area (Å²) in [6.07, 6.45) is 1.77. The molecule has 0 bridgehead atoms. The van der Waals surface area contributed by atoms with Crippen molar-refractivity contribution in [2.45, 2.75) is 59.5 Å². The molecule has 0 aliphatic heterocycles. The molecule has 0 saturated carbocycles. The van der Waals surface area contributed by atoms with Gasteiger partial charge in [-0.05, 0) is 41.0 Å². The first kappa shape index (κ1) is 23.1. The zero-order valence-electron chi connectivity index (χ0n) is 15.8. The number of guanidine groups is 1. The number of aryl methyl sites for hydroxylation is 1. The molecule has 7 nitrogen and oxygen atoms in total. The molecule has 0 aromatic carbocycles. The van der Waals surface area contributed by atoms with Gasteiger partial charge in [0.25, 0.3) is 0 Å². The predicted octanol–water partition coefficient (Wildman–Crippen LogP) is 2.21. The van der Waals surface area contributed by atoms with Crippen LogP contribution in [-0.2, 0) is 6.42 Å². The van der Waals surface area contributed by atoms with E-state index in [1.807, 2.05) is 6.92 Å². The van der Waals surface area contributed by atoms with E-state index >= 15 is 0 Å². The van der Waals surface area contributed by atoms with E-state index in [4.69, 9.17) is 4.52 Å². The number of aromatic nitrogens is 2. The highest BCUT2D eigenvalue weighted by Crippen LogP contribution is 2.05. The molecule has 0 fully saturated rings. The third-order valence-electron chi connectivity index (χ3n) is 3.64. The minimum atomic E-state index is 0. The molecule has 1 aromatic heterocycles. The molecule has 2 N–H and O–H groups in total. The maximum absolute atomic E-state index is 5.08. The number of aliphatic imine (C=N–C) groups is 1. The van der Waals surface area contributed by atoms with Crippen LogP contribution in [0.15, 0.2) is 9.52 Å². The monoisotopic (exact) mass is 452 g/mol. The fourth-order valence-electron chi connectivity index (χ4n) is 2.53. The van der Waals surface area contributed by atoms with Gasteiger partial charge in [0.1, 0.15) is 0 Å². The molecule has 1 aromatic rings. The van der Waals surface area contributed by atoms with Gasteiger partial charge in [0, 0.05) is 45.2 Å². The lowest BCUT2D eigenvalue weighted by molar-refractivity contribution is 0.173. The summed E-state index contributed by atoms with van der Waals surface area (Å²) in [5, 5.41) is 10.4. The molecule has 0 spiro atoms. The third kappa shape index (κ3) is 8.81. The summed E-state index contributed by atoms with van der Waals surface area (Å²) in [5.74, 6) is 2.12. The number of hydrogen-bond donors (Lipinski definition) is 2. The molecule has 0 aliphatic carbocycles. The Morgan fingerprint density at radius 3 is 2.29 bits per heavy atom. The molecule has 8 heteroatoms. The molecule has 0 amide bonds. The van der Waals surface area contributed by atoms with Gasteiger partial charge in [-0.15, -0.1) is 24.0 Å². The van der Waals surface area contributed by atoms with Crippen molar-refractivity contribution in [3.63, 3.8) is 0 Å². The van der Waals surface area contributed by atoms with Crippen LogP contribution in [0, 0.1) is 6.92 Å². The number of nitrogens with zero attached hydrogens (tertiary/aromatic N) is 4. The second-order valence-corrected chi connectivity index (χ2v) is 6.19. The molecule has 140 valence electrons. The first-order valence-corrected chi connectivity index (χ1v) is 8.43. The SMILES string of the molecule is CN=C(NCCCN(C(C)C)C(C)C)NCCc1nc(C)no1.I. The minimum Gasteiger partial charge on any atom is -0.356 e. The highest BCUT2D eigenvalue weighted by molar-refractivity contribution is 14.0. The Morgan fingerprint density at radius 1 is 1.17 bits per heavy atom. The predicted molar refractivity (Wildman–Crippen MR) is 109 cm³/mol. The molecule has 0 radical (unpaired) electrons. The highest BCUT2D eigenvalue weighted by atomic mass is 127. The summed E-state index contributed by atoms with van der Waals surface area (Å²) in [4.78, 5) is 10.9. The lowest BCUT2D eigenvalue weighted by atomic mass is 10.2. The fraction of sp³-hybridized carbons (Fsp3) is 0.812. The molecular weight excluding hydrogens is 419 g/mol. The molecular formula is C16H33IN6O. The Balaban J connectivity index is 0.00000529. The van der Waals surface area contributed by atoms with Crippen LogP contribution in [0.2, 0.25) is 0 Å². The van der Waals surface area contributed by atoms with Gasteiger partial charge < -0.3 is 15.2 Å². The maximum atomic E-state index is 5.08. The molecule has 0 saturated heterocycles. The minimum absolute atomic E-state index is 0. The van der Waals surface area contributed by atoms with E-state index in [9.17, 15) is 0 Å². The first-order chi connectivity index (χ1) is 10.9. The van der Waals surface area contributed by atoms with Gasteiger partial charge in [-0.1, -0.05) is 5.16 Å². The normalized spacial score (nSPS) is 12.0. The average Bonchev–Trinajstić information content (AvgIpc) is 2.89. The lowest BCUT2D eigenvalue weighted by Crippen LogP contribution is -2.41. The van der Waals surface area contributed by atoms with Gasteiger partial charge in [0.2, 0.25) is 5.89 Å². The Kier molecular flexibility index (Phi) is 12.0. The zero-order chi connectivity index (χ0) is 17.2. The average molecular weight is 452 g/mol. The van der Waals surface area contributed by atoms with E-state index in [-0.39, 0.29) is 24.0 Å². The maximum Gasteiger partial charge on any atom is 0.228 e. The lowest BCUT2D eigenvalue weighted by Gasteiger charge is -2.30. The number of nitrogens with one attached hydrogen (secondary N) is 2. The highest BCUT2D eigenvalue weighted by Gasteiger charge is 2.12. The van der Waals surface area contributed by atoms with E-state index < -0.39 is 0 Å². The Labute approximate surface area is 163 Å². The van der Waals surface area contributed by atoms with Crippen LogP contribution in [0.1, 0.15) is 45.8 Å². The number of hydrogen-bond acceptors (Lipinski definition) is 5. The largest absolute Gasteiger partial charge is 0.356 e. The van der Waals surface area contributed by atoms with E-state index in [1.54, 1.807) is 7.05 Å². The van der Waals surface area contributed by atoms with Crippen molar-refractivity contribution in [3.05, 3.63) is 11.7 Å². The molecule has 0 atom stereocenters. The fourth-order valence-corrected chi connectivity index (χ4v) is 2.53. The second kappa shape index (κ2) is 12.5. The zero-order valence-corrected chi connectivity index (χ0v) is 18.1. The van der Waals surface area contributed by atoms with E-state index in [0.29, 0.717) is 36.8 Å². The Morgan fingerprint density at radius 2 is 1.79 bits per heavy atom. The molecule has 1 rings (SSSR count). The quantitative estimate of drug-likeness (QED) is 0.259. The van der Waals surface area contributed by atoms with E-state index in [2.05, 4.69) is 58.4 Å². The summed E-state index contributed by atoms with van der Waals surface area (Å²) >= 11 is 0. The van der Waals surface area contributed by atoms with E-state index in [0.717, 1.165) is 25.5 Å². The van der Waals surface area contributed by atoms with Crippen molar-refractivity contribution in [1.29, 1.82) is 0 Å². The van der Waals surface area contributed by atoms with Crippen molar-refractivity contribution in [1.82, 2.24) is 25.7 Å². The summed E-state index contributed by atoms with van der Waals surface area (Å²) in [6.45, 7) is 13.5. The van der Waals surface area contributed by atoms with Crippen LogP contribution >= 0.6 is 24.0 Å². The van der Waals surface area contributed by atoms with Gasteiger partial charge in [-0.2, -0.15) is 4.98 Å². The van der Waals surface area contributed by atoms with Crippen molar-refractivity contribution in [2.75, 3.05) is 26.7 Å². The molecule has 0 aliphatic rings. The van der Waals surface area contributed by atoms with Gasteiger partial charge in [-0.25, -0.2) is 0 Å². The number of rotatable bonds is 9. The molecule has 1 heterocycles. The van der Waals surface area contributed by atoms with Gasteiger partial charge >= 0.3 is 0 Å². The summed E-state index contributed by atoms with van der Waals surface area (Å²) in [6, 6.07) is 1.15. The van der Waals surface area contributed by atoms with Crippen molar-refractivity contribution >= 4 is 29.9 Å². The van der Waals surface area contributed by atoms with Crippen LogP contribution in [-0.4, -0.2) is 59.8 Å². The Bertz CT molecular complexity index is 467. The van der Waals surface area contributed by atoms with Crippen LogP contribution in [0.3, 0.4) is 0 Å². The van der Waals surface area contributed by atoms with Crippen molar-refractivity contribution in [2.24, 2.45) is 4.99 Å². The van der Waals surface area contributed by atoms with Crippen LogP contribution < -0.4 is 10.6 Å². The standard InChI is InChI=1S/C16H32N6O.HI/c1-12(2)22(13(3)4)11-7-9-18-16(17-6)19-10-8-15-20-14(5)21-23-15;/h12-13H,7-11H2,1-6H3,(H2,17,18,19);1H. The van der Waals surface area contributed by atoms with Crippen LogP contribution in [0.5, 0.6) is 0 Å². The van der Waals surface area contributed by atoms with Gasteiger partial charge in [0.15, 0.2) is 11.8 Å².